The number of hydrogen-bond donors (Lipinski definition) is 1. The average molecular weight is 405 g/mol. The van der Waals surface area contributed by atoms with E-state index in [1.807, 2.05) is 49.9 Å². The van der Waals surface area contributed by atoms with Crippen LogP contribution in [0, 0.1) is 12.8 Å². The third-order valence-corrected chi connectivity index (χ3v) is 5.50. The number of rotatable bonds is 10. The maximum atomic E-state index is 13.1. The summed E-state index contributed by atoms with van der Waals surface area (Å²) in [4.78, 5) is 17.3. The number of carbonyl (C=O) groups is 1. The van der Waals surface area contributed by atoms with Crippen LogP contribution < -0.4 is 0 Å². The maximum Gasteiger partial charge on any atom is 0.253 e. The van der Waals surface area contributed by atoms with E-state index in [1.54, 1.807) is 0 Å². The van der Waals surface area contributed by atoms with Gasteiger partial charge in [0.25, 0.3) is 5.91 Å². The van der Waals surface area contributed by atoms with Crippen LogP contribution in [0.1, 0.15) is 42.6 Å². The van der Waals surface area contributed by atoms with E-state index in [0.29, 0.717) is 32.2 Å². The van der Waals surface area contributed by atoms with Gasteiger partial charge in [-0.3, -0.25) is 9.69 Å². The van der Waals surface area contributed by atoms with Crippen molar-refractivity contribution in [3.05, 3.63) is 35.4 Å². The largest absolute Gasteiger partial charge is 0.389 e. The molecule has 1 heterocycles. The van der Waals surface area contributed by atoms with Crippen LogP contribution in [0.5, 0.6) is 0 Å². The monoisotopic (exact) mass is 404 g/mol. The molecular formula is C23H36N2O4. The van der Waals surface area contributed by atoms with Crippen LogP contribution in [0.2, 0.25) is 0 Å². The summed E-state index contributed by atoms with van der Waals surface area (Å²) in [5, 5.41) is 10.2. The van der Waals surface area contributed by atoms with E-state index >= 15 is 0 Å². The highest BCUT2D eigenvalue weighted by Gasteiger charge is 2.31. The van der Waals surface area contributed by atoms with E-state index in [-0.39, 0.29) is 18.1 Å². The summed E-state index contributed by atoms with van der Waals surface area (Å²) < 4.78 is 11.5. The first-order valence-corrected chi connectivity index (χ1v) is 10.9. The molecule has 1 aromatic rings. The molecule has 1 saturated heterocycles. The Morgan fingerprint density at radius 2 is 2.00 bits per heavy atom. The number of hydrogen-bond acceptors (Lipinski definition) is 5. The Balaban J connectivity index is 1.55. The highest BCUT2D eigenvalue weighted by Crippen LogP contribution is 2.30. The zero-order valence-corrected chi connectivity index (χ0v) is 18.0. The number of amides is 1. The molecule has 1 aromatic carbocycles. The van der Waals surface area contributed by atoms with Crippen molar-refractivity contribution in [3.63, 3.8) is 0 Å². The van der Waals surface area contributed by atoms with Crippen molar-refractivity contribution in [1.82, 2.24) is 9.80 Å². The van der Waals surface area contributed by atoms with Gasteiger partial charge in [0.1, 0.15) is 0 Å². The number of carbonyl (C=O) groups excluding carboxylic acids is 1. The Kier molecular flexibility index (Phi) is 8.07. The van der Waals surface area contributed by atoms with Gasteiger partial charge in [-0.25, -0.2) is 0 Å². The number of ether oxygens (including phenoxy) is 2. The molecule has 3 rings (SSSR count). The molecule has 1 aliphatic heterocycles. The standard InChI is InChI=1S/C23H36N2O4/c1-17(2)29-16-21(26)13-24-10-11-28-22(14-24)15-25(12-19-6-7-19)23(27)20-8-4-18(3)5-9-20/h4-5,8-9,17,19,21-22,26H,6-7,10-16H2,1-3H3. The third-order valence-electron chi connectivity index (χ3n) is 5.50. The third kappa shape index (κ3) is 7.37. The second-order valence-corrected chi connectivity index (χ2v) is 8.81. The van der Waals surface area contributed by atoms with Gasteiger partial charge in [-0.1, -0.05) is 17.7 Å². The van der Waals surface area contributed by atoms with Crippen LogP contribution in [0.25, 0.3) is 0 Å². The maximum absolute atomic E-state index is 13.1. The van der Waals surface area contributed by atoms with E-state index in [0.717, 1.165) is 30.8 Å². The summed E-state index contributed by atoms with van der Waals surface area (Å²) in [5.41, 5.74) is 1.90. The summed E-state index contributed by atoms with van der Waals surface area (Å²) in [6.45, 7) is 10.4. The first kappa shape index (κ1) is 22.2. The highest BCUT2D eigenvalue weighted by molar-refractivity contribution is 5.94. The molecule has 2 atom stereocenters. The van der Waals surface area contributed by atoms with Gasteiger partial charge in [-0.15, -0.1) is 0 Å². The summed E-state index contributed by atoms with van der Waals surface area (Å²) in [7, 11) is 0. The van der Waals surface area contributed by atoms with E-state index < -0.39 is 6.10 Å². The molecule has 2 fully saturated rings. The predicted molar refractivity (Wildman–Crippen MR) is 113 cm³/mol. The number of nitrogens with zero attached hydrogens (tertiary/aromatic N) is 2. The predicted octanol–water partition coefficient (Wildman–Crippen LogP) is 2.33. The number of benzene rings is 1. The quantitative estimate of drug-likeness (QED) is 0.649. The number of β-amino-alcohol motifs (C(OH)–C–C–N with tert-alkyl or cyclic N) is 1. The summed E-state index contributed by atoms with van der Waals surface area (Å²) in [6.07, 6.45) is 1.99. The molecule has 0 aromatic heterocycles. The van der Waals surface area contributed by atoms with Crippen LogP contribution in [-0.2, 0) is 9.47 Å². The molecule has 1 saturated carbocycles. The van der Waals surface area contributed by atoms with Crippen molar-refractivity contribution in [1.29, 1.82) is 0 Å². The SMILES string of the molecule is Cc1ccc(C(=O)N(CC2CC2)CC2CN(CC(O)COC(C)C)CCO2)cc1. The molecule has 0 spiro atoms. The van der Waals surface area contributed by atoms with Crippen molar-refractivity contribution < 1.29 is 19.4 Å². The number of aliphatic hydroxyl groups is 1. The van der Waals surface area contributed by atoms with Crippen molar-refractivity contribution in [3.8, 4) is 0 Å². The number of aryl methyl sites for hydroxylation is 1. The van der Waals surface area contributed by atoms with Gasteiger partial charge < -0.3 is 19.5 Å². The minimum absolute atomic E-state index is 0.0323. The van der Waals surface area contributed by atoms with Crippen LogP contribution in [-0.4, -0.2) is 85.1 Å². The Hall–Kier alpha value is -1.47. The van der Waals surface area contributed by atoms with Crippen LogP contribution >= 0.6 is 0 Å². The highest BCUT2D eigenvalue weighted by atomic mass is 16.5. The van der Waals surface area contributed by atoms with Crippen molar-refractivity contribution in [2.75, 3.05) is 45.9 Å². The van der Waals surface area contributed by atoms with Gasteiger partial charge in [0.2, 0.25) is 0 Å². The van der Waals surface area contributed by atoms with Crippen LogP contribution in [0.4, 0.5) is 0 Å². The lowest BCUT2D eigenvalue weighted by Gasteiger charge is -2.36. The molecule has 6 heteroatoms. The normalized spacial score (nSPS) is 21.3. The zero-order chi connectivity index (χ0) is 20.8. The Morgan fingerprint density at radius 3 is 2.66 bits per heavy atom. The van der Waals surface area contributed by atoms with E-state index in [4.69, 9.17) is 9.47 Å². The van der Waals surface area contributed by atoms with E-state index in [9.17, 15) is 9.90 Å². The fraction of sp³-hybridized carbons (Fsp3) is 0.696. The van der Waals surface area contributed by atoms with Gasteiger partial charge in [0, 0.05) is 38.3 Å². The number of aliphatic hydroxyl groups excluding tert-OH is 1. The topological polar surface area (TPSA) is 62.2 Å². The van der Waals surface area contributed by atoms with Gasteiger partial charge in [0.05, 0.1) is 31.5 Å². The van der Waals surface area contributed by atoms with Crippen LogP contribution in [0.3, 0.4) is 0 Å². The first-order chi connectivity index (χ1) is 13.9. The van der Waals surface area contributed by atoms with Gasteiger partial charge >= 0.3 is 0 Å². The second-order valence-electron chi connectivity index (χ2n) is 8.81. The van der Waals surface area contributed by atoms with Crippen LogP contribution in [0.15, 0.2) is 24.3 Å². The van der Waals surface area contributed by atoms with Crippen molar-refractivity contribution in [2.45, 2.75) is 51.9 Å². The minimum Gasteiger partial charge on any atom is -0.389 e. The molecule has 2 unspecified atom stereocenters. The van der Waals surface area contributed by atoms with Crippen molar-refractivity contribution in [2.24, 2.45) is 5.92 Å². The van der Waals surface area contributed by atoms with Gasteiger partial charge in [-0.05, 0) is 51.7 Å². The average Bonchev–Trinajstić information content (AvgIpc) is 3.50. The fourth-order valence-electron chi connectivity index (χ4n) is 3.69. The van der Waals surface area contributed by atoms with Gasteiger partial charge in [-0.2, -0.15) is 0 Å². The molecule has 29 heavy (non-hydrogen) atoms. The molecule has 0 bridgehead atoms. The molecule has 1 N–H and O–H groups in total. The fourth-order valence-corrected chi connectivity index (χ4v) is 3.69. The summed E-state index contributed by atoms with van der Waals surface area (Å²) >= 11 is 0. The second kappa shape index (κ2) is 10.5. The molecular weight excluding hydrogens is 368 g/mol. The lowest BCUT2D eigenvalue weighted by atomic mass is 10.1. The minimum atomic E-state index is -0.507. The summed E-state index contributed by atoms with van der Waals surface area (Å²) in [6, 6.07) is 7.80. The van der Waals surface area contributed by atoms with Crippen molar-refractivity contribution >= 4 is 5.91 Å². The molecule has 6 nitrogen and oxygen atoms in total. The van der Waals surface area contributed by atoms with Gasteiger partial charge in [0.15, 0.2) is 0 Å². The Labute approximate surface area is 174 Å². The Morgan fingerprint density at radius 1 is 1.28 bits per heavy atom. The lowest BCUT2D eigenvalue weighted by molar-refractivity contribution is -0.0628. The Bertz CT molecular complexity index is 645. The molecule has 1 aliphatic carbocycles. The molecule has 2 aliphatic rings. The van der Waals surface area contributed by atoms with E-state index in [2.05, 4.69) is 4.90 Å². The smallest absolute Gasteiger partial charge is 0.253 e. The molecule has 1 amide bonds. The van der Waals surface area contributed by atoms with E-state index in [1.165, 1.54) is 12.8 Å². The summed E-state index contributed by atoms with van der Waals surface area (Å²) in [5.74, 6) is 0.710. The number of morpholine rings is 1. The lowest BCUT2D eigenvalue weighted by Crippen LogP contribution is -2.51. The zero-order valence-electron chi connectivity index (χ0n) is 18.0. The first-order valence-electron chi connectivity index (χ1n) is 10.9. The molecule has 162 valence electrons. The molecule has 0 radical (unpaired) electrons.